The third-order valence-electron chi connectivity index (χ3n) is 6.92. The molecule has 2 aliphatic rings. The zero-order chi connectivity index (χ0) is 24.8. The smallest absolute Gasteiger partial charge is 0.407 e. The number of rotatable bonds is 9. The van der Waals surface area contributed by atoms with E-state index in [-0.39, 0.29) is 43.6 Å². The minimum absolute atomic E-state index is 0.00233. The Morgan fingerprint density at radius 1 is 1.06 bits per heavy atom. The van der Waals surface area contributed by atoms with Crippen molar-refractivity contribution in [3.63, 3.8) is 0 Å². The number of fused-ring (bicyclic) bond motifs is 3. The Balaban J connectivity index is 1.21. The van der Waals surface area contributed by atoms with Crippen molar-refractivity contribution >= 4 is 18.0 Å². The Labute approximate surface area is 205 Å². The van der Waals surface area contributed by atoms with Crippen LogP contribution < -0.4 is 10.6 Å². The standard InChI is InChI=1S/C27H32N2O6/c1-18(16-24(30)29-27(25(31)32)11-14-34-15-12-27)10-13-28-26(33)35-17-23-21-8-4-2-6-19(21)20-7-3-5-9-22(20)23/h2-9,18,23H,10-17H2,1H3,(H,28,33)(H,29,30)(H,31,32). The van der Waals surface area contributed by atoms with Crippen LogP contribution in [0.25, 0.3) is 11.1 Å². The molecule has 0 radical (unpaired) electrons. The summed E-state index contributed by atoms with van der Waals surface area (Å²) in [6, 6.07) is 16.3. The van der Waals surface area contributed by atoms with Gasteiger partial charge >= 0.3 is 12.1 Å². The van der Waals surface area contributed by atoms with Crippen molar-refractivity contribution in [3.8, 4) is 11.1 Å². The largest absolute Gasteiger partial charge is 0.480 e. The molecule has 1 saturated heterocycles. The molecule has 2 amide bonds. The van der Waals surface area contributed by atoms with Gasteiger partial charge in [0.05, 0.1) is 0 Å². The van der Waals surface area contributed by atoms with Crippen LogP contribution in [0, 0.1) is 5.92 Å². The highest BCUT2D eigenvalue weighted by Gasteiger charge is 2.41. The Morgan fingerprint density at radius 3 is 2.26 bits per heavy atom. The number of carbonyl (C=O) groups is 3. The van der Waals surface area contributed by atoms with E-state index in [1.165, 1.54) is 11.1 Å². The molecule has 4 rings (SSSR count). The lowest BCUT2D eigenvalue weighted by atomic mass is 9.89. The molecule has 0 bridgehead atoms. The van der Waals surface area contributed by atoms with Crippen LogP contribution in [0.1, 0.15) is 49.7 Å². The molecule has 0 aromatic heterocycles. The highest BCUT2D eigenvalue weighted by Crippen LogP contribution is 2.44. The van der Waals surface area contributed by atoms with Gasteiger partial charge in [-0.3, -0.25) is 4.79 Å². The summed E-state index contributed by atoms with van der Waals surface area (Å²) in [6.45, 7) is 3.14. The average molecular weight is 481 g/mol. The Morgan fingerprint density at radius 2 is 1.66 bits per heavy atom. The van der Waals surface area contributed by atoms with Crippen LogP contribution in [0.3, 0.4) is 0 Å². The third-order valence-corrected chi connectivity index (χ3v) is 6.92. The number of ether oxygens (including phenoxy) is 2. The minimum Gasteiger partial charge on any atom is -0.480 e. The fourth-order valence-electron chi connectivity index (χ4n) is 4.92. The van der Waals surface area contributed by atoms with E-state index in [0.717, 1.165) is 11.1 Å². The first kappa shape index (κ1) is 24.7. The number of alkyl carbamates (subject to hydrolysis) is 1. The number of nitrogens with one attached hydrogen (secondary N) is 2. The molecule has 1 aliphatic heterocycles. The Bertz CT molecular complexity index is 1030. The molecule has 3 N–H and O–H groups in total. The molecule has 0 saturated carbocycles. The maximum atomic E-state index is 12.5. The van der Waals surface area contributed by atoms with Crippen molar-refractivity contribution in [2.24, 2.45) is 5.92 Å². The van der Waals surface area contributed by atoms with Gasteiger partial charge in [0.25, 0.3) is 0 Å². The van der Waals surface area contributed by atoms with Gasteiger partial charge in [-0.25, -0.2) is 9.59 Å². The summed E-state index contributed by atoms with van der Waals surface area (Å²) in [5, 5.41) is 15.0. The van der Waals surface area contributed by atoms with Gasteiger partial charge in [-0.2, -0.15) is 0 Å². The molecular formula is C27H32N2O6. The molecule has 1 atom stereocenters. The van der Waals surface area contributed by atoms with E-state index in [1.54, 1.807) is 0 Å². The van der Waals surface area contributed by atoms with Crippen LogP contribution >= 0.6 is 0 Å². The number of benzene rings is 2. The van der Waals surface area contributed by atoms with E-state index >= 15 is 0 Å². The lowest BCUT2D eigenvalue weighted by molar-refractivity contribution is -0.152. The van der Waals surface area contributed by atoms with Crippen molar-refractivity contribution < 1.29 is 29.0 Å². The number of carboxylic acid groups (broad SMARTS) is 1. The van der Waals surface area contributed by atoms with Crippen molar-refractivity contribution in [2.75, 3.05) is 26.4 Å². The van der Waals surface area contributed by atoms with Crippen LogP contribution in [-0.2, 0) is 19.1 Å². The number of amides is 2. The van der Waals surface area contributed by atoms with Gasteiger partial charge in [-0.05, 0) is 34.6 Å². The van der Waals surface area contributed by atoms with E-state index in [0.29, 0.717) is 26.2 Å². The maximum absolute atomic E-state index is 12.5. The van der Waals surface area contributed by atoms with Gasteiger partial charge in [-0.15, -0.1) is 0 Å². The van der Waals surface area contributed by atoms with Crippen molar-refractivity contribution in [3.05, 3.63) is 59.7 Å². The number of carbonyl (C=O) groups excluding carboxylic acids is 2. The summed E-state index contributed by atoms with van der Waals surface area (Å²) in [4.78, 5) is 36.5. The third kappa shape index (κ3) is 5.65. The lowest BCUT2D eigenvalue weighted by Crippen LogP contribution is -2.57. The molecular weight excluding hydrogens is 448 g/mol. The molecule has 8 heteroatoms. The van der Waals surface area contributed by atoms with Crippen molar-refractivity contribution in [1.82, 2.24) is 10.6 Å². The molecule has 1 fully saturated rings. The molecule has 2 aromatic carbocycles. The zero-order valence-corrected chi connectivity index (χ0v) is 19.9. The number of hydrogen-bond donors (Lipinski definition) is 3. The zero-order valence-electron chi connectivity index (χ0n) is 19.9. The number of hydrogen-bond acceptors (Lipinski definition) is 5. The fourth-order valence-corrected chi connectivity index (χ4v) is 4.92. The van der Waals surface area contributed by atoms with E-state index in [9.17, 15) is 19.5 Å². The van der Waals surface area contributed by atoms with E-state index in [4.69, 9.17) is 9.47 Å². The van der Waals surface area contributed by atoms with Crippen LogP contribution in [0.15, 0.2) is 48.5 Å². The van der Waals surface area contributed by atoms with E-state index < -0.39 is 17.6 Å². The minimum atomic E-state index is -1.26. The molecule has 35 heavy (non-hydrogen) atoms. The monoisotopic (exact) mass is 480 g/mol. The molecule has 8 nitrogen and oxygen atoms in total. The summed E-state index contributed by atoms with van der Waals surface area (Å²) in [6.07, 6.45) is 0.774. The first-order valence-corrected chi connectivity index (χ1v) is 12.1. The molecule has 0 spiro atoms. The highest BCUT2D eigenvalue weighted by atomic mass is 16.5. The number of aliphatic carboxylic acids is 1. The second-order valence-corrected chi connectivity index (χ2v) is 9.40. The van der Waals surface area contributed by atoms with E-state index in [2.05, 4.69) is 34.9 Å². The molecule has 186 valence electrons. The predicted molar refractivity (Wildman–Crippen MR) is 130 cm³/mol. The van der Waals surface area contributed by atoms with Crippen LogP contribution in [0.4, 0.5) is 4.79 Å². The molecule has 1 aliphatic carbocycles. The normalized spacial score (nSPS) is 17.1. The second kappa shape index (κ2) is 10.9. The fraction of sp³-hybridized carbons (Fsp3) is 0.444. The van der Waals surface area contributed by atoms with Gasteiger partial charge in [0, 0.05) is 44.9 Å². The van der Waals surface area contributed by atoms with Gasteiger partial charge in [0.2, 0.25) is 5.91 Å². The van der Waals surface area contributed by atoms with Gasteiger partial charge in [-0.1, -0.05) is 55.5 Å². The SMILES string of the molecule is CC(CCNC(=O)OCC1c2ccccc2-c2ccccc21)CC(=O)NC1(C(=O)O)CCOCC1. The lowest BCUT2D eigenvalue weighted by Gasteiger charge is -2.34. The molecule has 1 heterocycles. The first-order chi connectivity index (χ1) is 16.9. The van der Waals surface area contributed by atoms with Gasteiger partial charge in [0.1, 0.15) is 12.1 Å². The summed E-state index contributed by atoms with van der Waals surface area (Å²) in [7, 11) is 0. The predicted octanol–water partition coefficient (Wildman–Crippen LogP) is 3.69. The Kier molecular flexibility index (Phi) is 7.70. The van der Waals surface area contributed by atoms with Gasteiger partial charge in [0.15, 0.2) is 0 Å². The maximum Gasteiger partial charge on any atom is 0.407 e. The summed E-state index contributed by atoms with van der Waals surface area (Å²) in [5.74, 6) is -1.36. The van der Waals surface area contributed by atoms with Crippen LogP contribution in [0.5, 0.6) is 0 Å². The summed E-state index contributed by atoms with van der Waals surface area (Å²) >= 11 is 0. The quantitative estimate of drug-likeness (QED) is 0.504. The molecule has 2 aromatic rings. The average Bonchev–Trinajstić information content (AvgIpc) is 3.17. The Hall–Kier alpha value is -3.39. The first-order valence-electron chi connectivity index (χ1n) is 12.1. The second-order valence-electron chi connectivity index (χ2n) is 9.40. The highest BCUT2D eigenvalue weighted by molar-refractivity contribution is 5.87. The van der Waals surface area contributed by atoms with Crippen molar-refractivity contribution in [1.29, 1.82) is 0 Å². The van der Waals surface area contributed by atoms with Crippen LogP contribution in [-0.4, -0.2) is 55.0 Å². The number of carboxylic acids is 1. The van der Waals surface area contributed by atoms with E-state index in [1.807, 2.05) is 31.2 Å². The summed E-state index contributed by atoms with van der Waals surface area (Å²) in [5.41, 5.74) is 3.41. The van der Waals surface area contributed by atoms with Gasteiger partial charge < -0.3 is 25.2 Å². The van der Waals surface area contributed by atoms with Crippen LogP contribution in [0.2, 0.25) is 0 Å². The van der Waals surface area contributed by atoms with Crippen molar-refractivity contribution in [2.45, 2.75) is 44.1 Å². The summed E-state index contributed by atoms with van der Waals surface area (Å²) < 4.78 is 10.8. The molecule has 1 unspecified atom stereocenters. The topological polar surface area (TPSA) is 114 Å².